The van der Waals surface area contributed by atoms with Crippen LogP contribution >= 0.6 is 11.6 Å². The number of para-hydroxylation sites is 1. The number of alkyl carbamates (subject to hydrolysis) is 2. The van der Waals surface area contributed by atoms with Gasteiger partial charge in [-0.2, -0.15) is 26.3 Å². The maximum atomic E-state index is 14.0. The van der Waals surface area contributed by atoms with Crippen LogP contribution in [0.15, 0.2) is 53.3 Å². The third-order valence-electron chi connectivity index (χ3n) is 6.41. The topological polar surface area (TPSA) is 147 Å². The fourth-order valence-electron chi connectivity index (χ4n) is 4.31. The van der Waals surface area contributed by atoms with E-state index < -0.39 is 67.3 Å². The molecule has 0 saturated heterocycles. The molecule has 4 rings (SSSR count). The zero-order chi connectivity index (χ0) is 35.2. The van der Waals surface area contributed by atoms with Crippen molar-refractivity contribution in [3.8, 4) is 17.1 Å². The summed E-state index contributed by atoms with van der Waals surface area (Å²) in [6, 6.07) is 9.94. The van der Waals surface area contributed by atoms with E-state index >= 15 is 0 Å². The van der Waals surface area contributed by atoms with Crippen molar-refractivity contribution >= 4 is 23.8 Å². The van der Waals surface area contributed by atoms with Crippen LogP contribution in [0, 0.1) is 0 Å². The van der Waals surface area contributed by atoms with Crippen molar-refractivity contribution in [1.82, 2.24) is 39.7 Å². The van der Waals surface area contributed by atoms with E-state index in [4.69, 9.17) is 16.3 Å². The van der Waals surface area contributed by atoms with Crippen molar-refractivity contribution in [1.29, 1.82) is 0 Å². The minimum Gasteiger partial charge on any atom is -0.441 e. The number of aromatic nitrogens is 6. The Morgan fingerprint density at radius 1 is 0.938 bits per heavy atom. The summed E-state index contributed by atoms with van der Waals surface area (Å²) < 4.78 is 95.3. The van der Waals surface area contributed by atoms with Gasteiger partial charge in [0.25, 0.3) is 0 Å². The van der Waals surface area contributed by atoms with E-state index in [1.54, 1.807) is 6.92 Å². The second-order valence-corrected chi connectivity index (χ2v) is 10.3. The van der Waals surface area contributed by atoms with Gasteiger partial charge in [-0.05, 0) is 50.2 Å². The number of hydrogen-bond acceptors (Lipinski definition) is 8. The lowest BCUT2D eigenvalue weighted by molar-refractivity contribution is -0.207. The van der Waals surface area contributed by atoms with Gasteiger partial charge in [0.05, 0.1) is 17.8 Å². The molecule has 2 N–H and O–H groups in total. The molecule has 13 nitrogen and oxygen atoms in total. The number of nitrogens with one attached hydrogen (secondary N) is 2. The van der Waals surface area contributed by atoms with Gasteiger partial charge in [-0.3, -0.25) is 4.57 Å². The second-order valence-electron chi connectivity index (χ2n) is 9.82. The molecule has 48 heavy (non-hydrogen) atoms. The van der Waals surface area contributed by atoms with Gasteiger partial charge in [-0.25, -0.2) is 28.7 Å². The molecule has 4 aromatic rings. The fraction of sp³-hybridized carbons (Fsp3) is 0.357. The quantitative estimate of drug-likeness (QED) is 0.209. The SMILES string of the molecule is CCNC(=O)OCc1nc(Cn2nc(-c3ccc(Cl)cc3)n(CC(OC(=O)NCC)C(F)(F)F)c2=O)nn1-c1ccccc1C(F)(F)F. The Bertz CT molecular complexity index is 1800. The predicted molar refractivity (Wildman–Crippen MR) is 156 cm³/mol. The number of rotatable bonds is 11. The van der Waals surface area contributed by atoms with Gasteiger partial charge in [0.1, 0.15) is 6.54 Å². The van der Waals surface area contributed by atoms with Crippen molar-refractivity contribution in [3.63, 3.8) is 0 Å². The van der Waals surface area contributed by atoms with Gasteiger partial charge < -0.3 is 20.1 Å². The molecule has 0 aliphatic heterocycles. The van der Waals surface area contributed by atoms with E-state index in [0.29, 0.717) is 9.25 Å². The summed E-state index contributed by atoms with van der Waals surface area (Å²) in [7, 11) is 0. The Morgan fingerprint density at radius 3 is 2.21 bits per heavy atom. The van der Waals surface area contributed by atoms with Crippen LogP contribution < -0.4 is 16.3 Å². The summed E-state index contributed by atoms with van der Waals surface area (Å²) >= 11 is 5.95. The number of alkyl halides is 6. The van der Waals surface area contributed by atoms with Crippen LogP contribution in [-0.4, -0.2) is 66.7 Å². The highest BCUT2D eigenvalue weighted by Gasteiger charge is 2.44. The van der Waals surface area contributed by atoms with Crippen molar-refractivity contribution in [2.75, 3.05) is 13.1 Å². The highest BCUT2D eigenvalue weighted by Crippen LogP contribution is 2.34. The number of benzene rings is 2. The lowest BCUT2D eigenvalue weighted by atomic mass is 10.1. The third-order valence-corrected chi connectivity index (χ3v) is 6.66. The van der Waals surface area contributed by atoms with Crippen LogP contribution in [0.2, 0.25) is 5.02 Å². The molecular formula is C28H27ClF6N8O5. The second kappa shape index (κ2) is 14.8. The summed E-state index contributed by atoms with van der Waals surface area (Å²) in [5, 5.41) is 13.0. The average molecular weight is 705 g/mol. The molecule has 2 aromatic heterocycles. The van der Waals surface area contributed by atoms with Crippen molar-refractivity contribution in [2.45, 2.75) is 52.0 Å². The lowest BCUT2D eigenvalue weighted by Crippen LogP contribution is -2.42. The molecule has 0 aliphatic carbocycles. The summed E-state index contributed by atoms with van der Waals surface area (Å²) in [4.78, 5) is 41.6. The Kier molecular flexibility index (Phi) is 11.0. The van der Waals surface area contributed by atoms with Crippen molar-refractivity contribution in [2.24, 2.45) is 0 Å². The lowest BCUT2D eigenvalue weighted by Gasteiger charge is -2.21. The monoisotopic (exact) mass is 704 g/mol. The normalized spacial score (nSPS) is 12.4. The van der Waals surface area contributed by atoms with E-state index in [2.05, 4.69) is 30.6 Å². The maximum absolute atomic E-state index is 14.0. The molecule has 20 heteroatoms. The first-order valence-corrected chi connectivity index (χ1v) is 14.5. The van der Waals surface area contributed by atoms with Gasteiger partial charge >= 0.3 is 30.2 Å². The number of carbonyl (C=O) groups excluding carboxylic acids is 2. The molecular weight excluding hydrogens is 678 g/mol. The first kappa shape index (κ1) is 35.8. The van der Waals surface area contributed by atoms with Crippen LogP contribution in [0.1, 0.15) is 31.1 Å². The molecule has 1 atom stereocenters. The Morgan fingerprint density at radius 2 is 1.58 bits per heavy atom. The van der Waals surface area contributed by atoms with Gasteiger partial charge in [0.15, 0.2) is 24.1 Å². The van der Waals surface area contributed by atoms with Gasteiger partial charge in [-0.1, -0.05) is 23.7 Å². The minimum absolute atomic E-state index is 0.0271. The van der Waals surface area contributed by atoms with Crippen molar-refractivity contribution < 1.29 is 45.4 Å². The third kappa shape index (κ3) is 8.64. The van der Waals surface area contributed by atoms with Crippen molar-refractivity contribution in [3.05, 3.63) is 81.3 Å². The molecule has 258 valence electrons. The van der Waals surface area contributed by atoms with E-state index in [9.17, 15) is 40.7 Å². The van der Waals surface area contributed by atoms with E-state index in [1.807, 2.05) is 0 Å². The largest absolute Gasteiger partial charge is 0.441 e. The molecule has 0 radical (unpaired) electrons. The standard InChI is InChI=1S/C28H27ClF6N8O5/c1-3-36-24(44)47-15-22-38-21(39-43(22)19-8-6-5-7-18(19)27(30,31)32)14-42-26(46)41(23(40-42)16-9-11-17(29)12-10-16)13-20(28(33,34)35)48-25(45)37-4-2/h5-12,20H,3-4,13-15H2,1-2H3,(H,36,44)(H,37,45). The first-order valence-electron chi connectivity index (χ1n) is 14.1. The molecule has 0 aliphatic rings. The molecule has 0 spiro atoms. The summed E-state index contributed by atoms with van der Waals surface area (Å²) in [6.45, 7) is 0.749. The first-order chi connectivity index (χ1) is 22.6. The highest BCUT2D eigenvalue weighted by molar-refractivity contribution is 6.30. The van der Waals surface area contributed by atoms with Crippen LogP contribution in [0.3, 0.4) is 0 Å². The summed E-state index contributed by atoms with van der Waals surface area (Å²) in [5.74, 6) is -0.861. The summed E-state index contributed by atoms with van der Waals surface area (Å²) in [6.07, 6.45) is -15.0. The number of nitrogens with zero attached hydrogens (tertiary/aromatic N) is 6. The molecule has 2 amide bonds. The van der Waals surface area contributed by atoms with Crippen LogP contribution in [-0.2, 0) is 35.3 Å². The zero-order valence-corrected chi connectivity index (χ0v) is 25.9. The smallest absolute Gasteiger partial charge is 0.427 e. The van der Waals surface area contributed by atoms with Gasteiger partial charge in [-0.15, -0.1) is 10.2 Å². The van der Waals surface area contributed by atoms with E-state index in [-0.39, 0.29) is 41.1 Å². The zero-order valence-electron chi connectivity index (χ0n) is 25.1. The van der Waals surface area contributed by atoms with E-state index in [1.165, 1.54) is 37.3 Å². The average Bonchev–Trinajstić information content (AvgIpc) is 3.55. The molecule has 0 bridgehead atoms. The van der Waals surface area contributed by atoms with Gasteiger partial charge in [0.2, 0.25) is 6.10 Å². The van der Waals surface area contributed by atoms with Crippen LogP contribution in [0.4, 0.5) is 35.9 Å². The minimum atomic E-state index is -5.10. The predicted octanol–water partition coefficient (Wildman–Crippen LogP) is 4.94. The van der Waals surface area contributed by atoms with E-state index in [0.717, 1.165) is 22.9 Å². The van der Waals surface area contributed by atoms with Gasteiger partial charge in [0, 0.05) is 23.7 Å². The molecule has 0 fully saturated rings. The Hall–Kier alpha value is -5.07. The molecule has 2 heterocycles. The fourth-order valence-corrected chi connectivity index (χ4v) is 4.44. The number of hydrogen-bond donors (Lipinski definition) is 2. The number of ether oxygens (including phenoxy) is 2. The summed E-state index contributed by atoms with van der Waals surface area (Å²) in [5.41, 5.74) is -2.55. The number of amides is 2. The number of halogens is 7. The number of carbonyl (C=O) groups is 2. The Labute approximate surface area is 272 Å². The molecule has 2 aromatic carbocycles. The van der Waals surface area contributed by atoms with Crippen LogP contribution in [0.25, 0.3) is 17.1 Å². The maximum Gasteiger partial charge on any atom is 0.427 e. The molecule has 1 unspecified atom stereocenters. The molecule has 0 saturated carbocycles. The van der Waals surface area contributed by atoms with Crippen LogP contribution in [0.5, 0.6) is 0 Å². The highest BCUT2D eigenvalue weighted by atomic mass is 35.5. The Balaban J connectivity index is 1.80.